The number of halogens is 1. The summed E-state index contributed by atoms with van der Waals surface area (Å²) in [6, 6.07) is 10.2. The summed E-state index contributed by atoms with van der Waals surface area (Å²) in [6.07, 6.45) is 0. The summed E-state index contributed by atoms with van der Waals surface area (Å²) < 4.78 is 23.8. The largest absolute Gasteiger partial charge is 0.494 e. The van der Waals surface area contributed by atoms with E-state index in [4.69, 9.17) is 15.2 Å². The lowest BCUT2D eigenvalue weighted by atomic mass is 10.2. The summed E-state index contributed by atoms with van der Waals surface area (Å²) in [7, 11) is 1.41. The fraction of sp³-hybridized carbons (Fsp3) is 0.200. The zero-order valence-electron chi connectivity index (χ0n) is 11.4. The van der Waals surface area contributed by atoms with Crippen LogP contribution in [0.25, 0.3) is 0 Å². The van der Waals surface area contributed by atoms with Gasteiger partial charge in [0.1, 0.15) is 5.75 Å². The molecular weight excluding hydrogens is 259 g/mol. The number of hydrogen-bond donors (Lipinski definition) is 2. The Labute approximate surface area is 117 Å². The fourth-order valence-electron chi connectivity index (χ4n) is 1.79. The van der Waals surface area contributed by atoms with Gasteiger partial charge >= 0.3 is 0 Å². The van der Waals surface area contributed by atoms with Crippen molar-refractivity contribution in [2.45, 2.75) is 6.92 Å². The van der Waals surface area contributed by atoms with Crippen LogP contribution in [0.3, 0.4) is 0 Å². The van der Waals surface area contributed by atoms with Gasteiger partial charge in [-0.2, -0.15) is 0 Å². The molecule has 0 heterocycles. The Morgan fingerprint density at radius 3 is 2.50 bits per heavy atom. The van der Waals surface area contributed by atoms with Crippen molar-refractivity contribution in [3.63, 3.8) is 0 Å². The minimum Gasteiger partial charge on any atom is -0.494 e. The number of nitrogens with two attached hydrogens (primary N) is 1. The maximum absolute atomic E-state index is 13.5. The van der Waals surface area contributed by atoms with Crippen LogP contribution in [-0.4, -0.2) is 13.7 Å². The van der Waals surface area contributed by atoms with Crippen LogP contribution in [0.4, 0.5) is 21.5 Å². The highest BCUT2D eigenvalue weighted by Crippen LogP contribution is 2.30. The van der Waals surface area contributed by atoms with Gasteiger partial charge in [-0.15, -0.1) is 0 Å². The van der Waals surface area contributed by atoms with Crippen LogP contribution in [-0.2, 0) is 0 Å². The Morgan fingerprint density at radius 1 is 1.20 bits per heavy atom. The molecule has 0 aliphatic rings. The van der Waals surface area contributed by atoms with Gasteiger partial charge in [-0.25, -0.2) is 4.39 Å². The maximum atomic E-state index is 13.5. The number of nitrogen functional groups attached to an aromatic ring is 1. The van der Waals surface area contributed by atoms with Crippen molar-refractivity contribution in [3.8, 4) is 11.5 Å². The number of methoxy groups -OCH3 is 1. The van der Waals surface area contributed by atoms with E-state index < -0.39 is 5.82 Å². The van der Waals surface area contributed by atoms with Crippen molar-refractivity contribution in [3.05, 3.63) is 42.2 Å². The van der Waals surface area contributed by atoms with Crippen LogP contribution in [0.2, 0.25) is 0 Å². The van der Waals surface area contributed by atoms with Gasteiger partial charge in [0.2, 0.25) is 0 Å². The minimum absolute atomic E-state index is 0.146. The van der Waals surface area contributed by atoms with E-state index in [1.165, 1.54) is 19.2 Å². The first-order valence-corrected chi connectivity index (χ1v) is 6.27. The molecule has 0 saturated heterocycles. The third-order valence-electron chi connectivity index (χ3n) is 2.77. The molecule has 3 N–H and O–H groups in total. The molecule has 0 aromatic heterocycles. The van der Waals surface area contributed by atoms with E-state index in [9.17, 15) is 4.39 Å². The number of benzene rings is 2. The van der Waals surface area contributed by atoms with Gasteiger partial charge in [-0.05, 0) is 31.2 Å². The van der Waals surface area contributed by atoms with E-state index in [2.05, 4.69) is 5.32 Å². The van der Waals surface area contributed by atoms with Gasteiger partial charge in [-0.3, -0.25) is 0 Å². The topological polar surface area (TPSA) is 56.5 Å². The maximum Gasteiger partial charge on any atom is 0.167 e. The predicted octanol–water partition coefficient (Wildman–Crippen LogP) is 3.56. The van der Waals surface area contributed by atoms with Crippen LogP contribution in [0.15, 0.2) is 36.4 Å². The smallest absolute Gasteiger partial charge is 0.167 e. The second kappa shape index (κ2) is 6.14. The summed E-state index contributed by atoms with van der Waals surface area (Å²) in [5, 5.41) is 3.12. The van der Waals surface area contributed by atoms with E-state index >= 15 is 0 Å². The first kappa shape index (κ1) is 14.0. The molecule has 20 heavy (non-hydrogen) atoms. The summed E-state index contributed by atoms with van der Waals surface area (Å²) in [4.78, 5) is 0. The van der Waals surface area contributed by atoms with Crippen molar-refractivity contribution < 1.29 is 13.9 Å². The molecule has 2 rings (SSSR count). The SMILES string of the molecule is CCOc1ccc(Nc2cc(OC)c(F)cc2N)cc1. The van der Waals surface area contributed by atoms with E-state index in [-0.39, 0.29) is 5.75 Å². The highest BCUT2D eigenvalue weighted by molar-refractivity contribution is 5.74. The molecule has 4 nitrogen and oxygen atoms in total. The Morgan fingerprint density at radius 2 is 1.90 bits per heavy atom. The molecule has 0 aliphatic carbocycles. The van der Waals surface area contributed by atoms with Gasteiger partial charge < -0.3 is 20.5 Å². The standard InChI is InChI=1S/C15H17FN2O2/c1-3-20-11-6-4-10(5-7-11)18-14-9-15(19-2)12(16)8-13(14)17/h4-9,18H,3,17H2,1-2H3. The van der Waals surface area contributed by atoms with E-state index in [1.54, 1.807) is 0 Å². The third kappa shape index (κ3) is 3.12. The molecule has 2 aromatic rings. The monoisotopic (exact) mass is 276 g/mol. The summed E-state index contributed by atoms with van der Waals surface area (Å²) in [6.45, 7) is 2.55. The average molecular weight is 276 g/mol. The van der Waals surface area contributed by atoms with Crippen LogP contribution in [0.5, 0.6) is 11.5 Å². The van der Waals surface area contributed by atoms with Gasteiger partial charge in [0, 0.05) is 17.8 Å². The molecule has 0 unspecified atom stereocenters. The van der Waals surface area contributed by atoms with E-state index in [0.717, 1.165) is 11.4 Å². The summed E-state index contributed by atoms with van der Waals surface area (Å²) in [5.74, 6) is 0.456. The van der Waals surface area contributed by atoms with Gasteiger partial charge in [-0.1, -0.05) is 0 Å². The average Bonchev–Trinajstić information content (AvgIpc) is 2.44. The Balaban J connectivity index is 2.21. The van der Waals surface area contributed by atoms with Gasteiger partial charge in [0.15, 0.2) is 11.6 Å². The fourth-order valence-corrected chi connectivity index (χ4v) is 1.79. The predicted molar refractivity (Wildman–Crippen MR) is 78.3 cm³/mol. The lowest BCUT2D eigenvalue weighted by Gasteiger charge is -2.12. The third-order valence-corrected chi connectivity index (χ3v) is 2.77. The molecule has 0 amide bonds. The Kier molecular flexibility index (Phi) is 4.30. The highest BCUT2D eigenvalue weighted by atomic mass is 19.1. The molecule has 0 atom stereocenters. The Bertz CT molecular complexity index is 585. The molecule has 2 aromatic carbocycles. The second-order valence-electron chi connectivity index (χ2n) is 4.16. The van der Waals surface area contributed by atoms with Crippen molar-refractivity contribution >= 4 is 17.1 Å². The summed E-state index contributed by atoms with van der Waals surface area (Å²) >= 11 is 0. The van der Waals surface area contributed by atoms with Crippen molar-refractivity contribution in [2.24, 2.45) is 0 Å². The van der Waals surface area contributed by atoms with Crippen molar-refractivity contribution in [2.75, 3.05) is 24.8 Å². The highest BCUT2D eigenvalue weighted by Gasteiger charge is 2.08. The zero-order chi connectivity index (χ0) is 14.5. The van der Waals surface area contributed by atoms with Crippen LogP contribution >= 0.6 is 0 Å². The molecule has 0 aliphatic heterocycles. The quantitative estimate of drug-likeness (QED) is 0.820. The normalized spacial score (nSPS) is 10.2. The molecular formula is C15H17FN2O2. The van der Waals surface area contributed by atoms with E-state index in [1.807, 2.05) is 31.2 Å². The molecule has 106 valence electrons. The number of ether oxygens (including phenoxy) is 2. The van der Waals surface area contributed by atoms with Crippen LogP contribution < -0.4 is 20.5 Å². The van der Waals surface area contributed by atoms with Gasteiger partial charge in [0.25, 0.3) is 0 Å². The second-order valence-corrected chi connectivity index (χ2v) is 4.16. The van der Waals surface area contributed by atoms with E-state index in [0.29, 0.717) is 18.0 Å². The molecule has 0 spiro atoms. The van der Waals surface area contributed by atoms with Gasteiger partial charge in [0.05, 0.1) is 25.1 Å². The zero-order valence-corrected chi connectivity index (χ0v) is 11.4. The molecule has 0 saturated carbocycles. The number of nitrogens with one attached hydrogen (secondary N) is 1. The lowest BCUT2D eigenvalue weighted by Crippen LogP contribution is -1.99. The van der Waals surface area contributed by atoms with Crippen molar-refractivity contribution in [1.29, 1.82) is 0 Å². The lowest BCUT2D eigenvalue weighted by molar-refractivity contribution is 0.340. The first-order chi connectivity index (χ1) is 9.63. The Hall–Kier alpha value is -2.43. The van der Waals surface area contributed by atoms with Crippen LogP contribution in [0, 0.1) is 5.82 Å². The minimum atomic E-state index is -0.484. The molecule has 0 bridgehead atoms. The first-order valence-electron chi connectivity index (χ1n) is 6.27. The van der Waals surface area contributed by atoms with Crippen LogP contribution in [0.1, 0.15) is 6.92 Å². The summed E-state index contributed by atoms with van der Waals surface area (Å²) in [5.41, 5.74) is 7.52. The number of hydrogen-bond acceptors (Lipinski definition) is 4. The molecule has 0 radical (unpaired) electrons. The molecule has 0 fully saturated rings. The van der Waals surface area contributed by atoms with Crippen molar-refractivity contribution in [1.82, 2.24) is 0 Å². The molecule has 5 heteroatoms. The number of anilines is 3. The number of rotatable bonds is 5.